The van der Waals surface area contributed by atoms with Crippen LogP contribution in [0.25, 0.3) is 0 Å². The third-order valence-corrected chi connectivity index (χ3v) is 2.40. The number of carboxylic acid groups (broad SMARTS) is 1. The van der Waals surface area contributed by atoms with Gasteiger partial charge in [0, 0.05) is 22.2 Å². The molecule has 0 saturated carbocycles. The lowest BCUT2D eigenvalue weighted by Gasteiger charge is -2.14. The summed E-state index contributed by atoms with van der Waals surface area (Å²) in [6, 6.07) is 0. The average Bonchev–Trinajstić information content (AvgIpc) is 2.12. The largest absolute Gasteiger partial charge is 0.745 e. The third-order valence-electron chi connectivity index (χ3n) is 1.29. The molecule has 0 aliphatic carbocycles. The van der Waals surface area contributed by atoms with Crippen LogP contribution in [0.3, 0.4) is 0 Å². The summed E-state index contributed by atoms with van der Waals surface area (Å²) < 4.78 is 22.2. The topological polar surface area (TPSA) is 124 Å². The average molecular weight is 275 g/mol. The van der Waals surface area contributed by atoms with Crippen molar-refractivity contribution < 1.29 is 33.1 Å². The fourth-order valence-corrected chi connectivity index (χ4v) is 1.20. The van der Waals surface area contributed by atoms with Crippen LogP contribution in [0.1, 0.15) is 20.3 Å². The molecule has 0 fully saturated rings. The number of carbonyl (C=O) groups is 1. The molecule has 0 aliphatic heterocycles. The van der Waals surface area contributed by atoms with E-state index in [1.54, 1.807) is 0 Å². The maximum atomic E-state index is 10.2. The van der Waals surface area contributed by atoms with Crippen LogP contribution in [0.15, 0.2) is 0 Å². The van der Waals surface area contributed by atoms with E-state index in [1.807, 2.05) is 13.8 Å². The van der Waals surface area contributed by atoms with Crippen molar-refractivity contribution in [3.05, 3.63) is 0 Å². The van der Waals surface area contributed by atoms with Crippen molar-refractivity contribution in [3.63, 3.8) is 0 Å². The van der Waals surface area contributed by atoms with Crippen molar-refractivity contribution in [2.45, 2.75) is 20.3 Å². The van der Waals surface area contributed by atoms with Crippen molar-refractivity contribution in [1.29, 1.82) is 0 Å². The summed E-state index contributed by atoms with van der Waals surface area (Å²) in [6.45, 7) is 5.03. The van der Waals surface area contributed by atoms with E-state index in [0.717, 1.165) is 6.42 Å². The fourth-order valence-electron chi connectivity index (χ4n) is 0.719. The summed E-state index contributed by atoms with van der Waals surface area (Å²) in [5, 5.41) is 8.43. The van der Waals surface area contributed by atoms with E-state index in [0.29, 0.717) is 13.1 Å². The Kier molecular flexibility index (Phi) is 12.0. The second-order valence-electron chi connectivity index (χ2n) is 2.42. The lowest BCUT2D eigenvalue weighted by atomic mass is 10.4. The summed E-state index contributed by atoms with van der Waals surface area (Å²) in [4.78, 5) is 27.0. The molecule has 16 heavy (non-hydrogen) atoms. The summed E-state index contributed by atoms with van der Waals surface area (Å²) in [6.07, 6.45) is 0.0690. The van der Waals surface area contributed by atoms with Crippen LogP contribution >= 0.6 is 16.5 Å². The zero-order valence-corrected chi connectivity index (χ0v) is 10.7. The van der Waals surface area contributed by atoms with Crippen molar-refractivity contribution >= 4 is 22.6 Å². The maximum absolute atomic E-state index is 10.2. The van der Waals surface area contributed by atoms with Gasteiger partial charge in [-0.1, -0.05) is 6.92 Å². The summed E-state index contributed by atoms with van der Waals surface area (Å²) in [7, 11) is -5.85. The lowest BCUT2D eigenvalue weighted by Crippen LogP contribution is -2.29. The Bertz CT molecular complexity index is 235. The molecule has 0 heterocycles. The molecule has 0 aliphatic rings. The first kappa shape index (κ1) is 17.7. The molecule has 0 spiro atoms. The highest BCUT2D eigenvalue weighted by atomic mass is 31.2. The molecule has 8 nitrogen and oxygen atoms in total. The van der Waals surface area contributed by atoms with Crippen LogP contribution in [0.4, 0.5) is 4.79 Å². The molecule has 0 bridgehead atoms. The Hall–Kier alpha value is -0.650. The molecule has 3 N–H and O–H groups in total. The first-order valence-corrected chi connectivity index (χ1v) is 6.59. The van der Waals surface area contributed by atoms with E-state index in [-0.39, 0.29) is 0 Å². The van der Waals surface area contributed by atoms with E-state index in [1.165, 1.54) is 4.90 Å². The van der Waals surface area contributed by atoms with Crippen LogP contribution in [0, 0.1) is 0 Å². The molecule has 0 aromatic heterocycles. The van der Waals surface area contributed by atoms with Gasteiger partial charge in [-0.05, 0) is 13.3 Å². The molecule has 0 radical (unpaired) electrons. The number of amides is 1. The van der Waals surface area contributed by atoms with Crippen LogP contribution in [-0.2, 0) is 13.4 Å². The second kappa shape index (κ2) is 10.9. The van der Waals surface area contributed by atoms with Crippen LogP contribution < -0.4 is 0 Å². The Morgan fingerprint density at radius 1 is 1.25 bits per heavy atom. The van der Waals surface area contributed by atoms with Crippen LogP contribution in [-0.4, -0.2) is 39.0 Å². The lowest BCUT2D eigenvalue weighted by molar-refractivity contribution is 0.148. The van der Waals surface area contributed by atoms with E-state index in [9.17, 15) is 13.9 Å². The minimum absolute atomic E-state index is 0.586. The van der Waals surface area contributed by atoms with E-state index in [4.69, 9.17) is 14.9 Å². The van der Waals surface area contributed by atoms with Crippen molar-refractivity contribution in [3.8, 4) is 0 Å². The number of rotatable bonds is 5. The molecule has 0 saturated heterocycles. The number of hydrogen-bond acceptors (Lipinski definition) is 4. The quantitative estimate of drug-likeness (QED) is 0.652. The SMILES string of the molecule is CCCN(CC)C(=O)O.O=[P+](O)O[P+](=O)O. The summed E-state index contributed by atoms with van der Waals surface area (Å²) >= 11 is 0. The highest BCUT2D eigenvalue weighted by Crippen LogP contribution is 2.30. The van der Waals surface area contributed by atoms with Crippen LogP contribution in [0.2, 0.25) is 0 Å². The molecule has 94 valence electrons. The molecule has 0 aromatic rings. The van der Waals surface area contributed by atoms with Crippen LogP contribution in [0.5, 0.6) is 0 Å². The normalized spacial score (nSPS) is 11.0. The van der Waals surface area contributed by atoms with Gasteiger partial charge in [-0.3, -0.25) is 0 Å². The van der Waals surface area contributed by atoms with Gasteiger partial charge in [0.05, 0.1) is 0 Å². The van der Waals surface area contributed by atoms with Gasteiger partial charge in [0.25, 0.3) is 0 Å². The summed E-state index contributed by atoms with van der Waals surface area (Å²) in [5.74, 6) is 0. The van der Waals surface area contributed by atoms with Gasteiger partial charge in [0.2, 0.25) is 0 Å². The molecule has 1 amide bonds. The van der Waals surface area contributed by atoms with Gasteiger partial charge in [-0.2, -0.15) is 0 Å². The van der Waals surface area contributed by atoms with E-state index in [2.05, 4.69) is 4.31 Å². The van der Waals surface area contributed by atoms with E-state index < -0.39 is 22.6 Å². The molecule has 0 aromatic carbocycles. The monoisotopic (exact) mass is 275 g/mol. The Morgan fingerprint density at radius 3 is 1.75 bits per heavy atom. The van der Waals surface area contributed by atoms with Gasteiger partial charge in [-0.15, -0.1) is 9.79 Å². The predicted molar refractivity (Wildman–Crippen MR) is 56.3 cm³/mol. The zero-order chi connectivity index (χ0) is 13.1. The van der Waals surface area contributed by atoms with Gasteiger partial charge in [0.1, 0.15) is 0 Å². The first-order chi connectivity index (χ1) is 7.34. The highest BCUT2D eigenvalue weighted by Gasteiger charge is 2.31. The number of hydrogen-bond donors (Lipinski definition) is 3. The standard InChI is InChI=1S/C6H13NO2.O5P2/c1-3-5-7(4-2)6(8)9;1-6(2)5-7(3)4/h3-5H2,1-2H3,(H,8,9);/p+2. The Morgan fingerprint density at radius 2 is 1.69 bits per heavy atom. The van der Waals surface area contributed by atoms with Crippen molar-refractivity contribution in [2.24, 2.45) is 0 Å². The predicted octanol–water partition coefficient (Wildman–Crippen LogP) is 1.70. The first-order valence-electron chi connectivity index (χ1n) is 4.33. The molecule has 0 rings (SSSR count). The Labute approximate surface area is 94.7 Å². The minimum atomic E-state index is -2.92. The Balaban J connectivity index is 0. The molecule has 2 atom stereocenters. The van der Waals surface area contributed by atoms with Crippen molar-refractivity contribution in [2.75, 3.05) is 13.1 Å². The van der Waals surface area contributed by atoms with Gasteiger partial charge in [-0.25, -0.2) is 4.79 Å². The molecule has 2 unspecified atom stereocenters. The van der Waals surface area contributed by atoms with Gasteiger partial charge in [0.15, 0.2) is 4.31 Å². The smallest absolute Gasteiger partial charge is 0.465 e. The van der Waals surface area contributed by atoms with Gasteiger partial charge >= 0.3 is 22.6 Å². The highest BCUT2D eigenvalue weighted by molar-refractivity contribution is 7.46. The molecular formula is C6H15NO7P2+2. The minimum Gasteiger partial charge on any atom is -0.465 e. The summed E-state index contributed by atoms with van der Waals surface area (Å²) in [5.41, 5.74) is 0. The second-order valence-corrected chi connectivity index (χ2v) is 4.02. The van der Waals surface area contributed by atoms with Gasteiger partial charge < -0.3 is 10.0 Å². The molecular weight excluding hydrogens is 260 g/mol. The third kappa shape index (κ3) is 13.4. The zero-order valence-electron chi connectivity index (χ0n) is 8.94. The number of nitrogens with zero attached hydrogens (tertiary/aromatic N) is 1. The molecule has 10 heteroatoms. The maximum Gasteiger partial charge on any atom is 0.745 e. The van der Waals surface area contributed by atoms with Crippen molar-refractivity contribution in [1.82, 2.24) is 4.90 Å². The van der Waals surface area contributed by atoms with E-state index >= 15 is 0 Å². The fraction of sp³-hybridized carbons (Fsp3) is 0.833.